The molecule has 1 rings (SSSR count). The lowest BCUT2D eigenvalue weighted by atomic mass is 9.95. The van der Waals surface area contributed by atoms with Gasteiger partial charge < -0.3 is 10.2 Å². The number of phenols is 2. The summed E-state index contributed by atoms with van der Waals surface area (Å²) in [5.74, 6) is 0.120. The third-order valence-corrected chi connectivity index (χ3v) is 3.63. The number of aromatic hydroxyl groups is 2. The maximum Gasteiger partial charge on any atom is 0.154 e. The van der Waals surface area contributed by atoms with Gasteiger partial charge in [0, 0.05) is 11.1 Å². The van der Waals surface area contributed by atoms with Gasteiger partial charge in [0.05, 0.1) is 5.56 Å². The van der Waals surface area contributed by atoms with E-state index in [0.717, 1.165) is 31.3 Å². The van der Waals surface area contributed by atoms with Crippen LogP contribution in [0, 0.1) is 0 Å². The number of unbranched alkanes of at least 4 members (excludes halogenated alkanes) is 3. The minimum absolute atomic E-state index is 0.00536. The molecule has 0 atom stereocenters. The van der Waals surface area contributed by atoms with Crippen molar-refractivity contribution in [3.63, 3.8) is 0 Å². The van der Waals surface area contributed by atoms with Crippen LogP contribution in [0.1, 0.15) is 67.9 Å². The van der Waals surface area contributed by atoms with Crippen molar-refractivity contribution in [1.29, 1.82) is 0 Å². The van der Waals surface area contributed by atoms with Crippen LogP contribution in [0.2, 0.25) is 0 Å². The van der Waals surface area contributed by atoms with E-state index in [0.29, 0.717) is 30.3 Å². The van der Waals surface area contributed by atoms with E-state index in [4.69, 9.17) is 0 Å². The van der Waals surface area contributed by atoms with Gasteiger partial charge in [-0.2, -0.15) is 0 Å². The molecule has 0 heterocycles. The highest BCUT2D eigenvalue weighted by Gasteiger charge is 2.16. The monoisotopic (exact) mass is 290 g/mol. The summed E-state index contributed by atoms with van der Waals surface area (Å²) in [4.78, 5) is 11.3. The van der Waals surface area contributed by atoms with Gasteiger partial charge in [0.2, 0.25) is 0 Å². The van der Waals surface area contributed by atoms with Crippen LogP contribution in [0.15, 0.2) is 17.7 Å². The Bertz CT molecular complexity index is 512. The molecule has 0 bridgehead atoms. The lowest BCUT2D eigenvalue weighted by Gasteiger charge is -2.13. The van der Waals surface area contributed by atoms with E-state index < -0.39 is 0 Å². The van der Waals surface area contributed by atoms with Crippen molar-refractivity contribution < 1.29 is 15.0 Å². The Morgan fingerprint density at radius 2 is 1.90 bits per heavy atom. The first kappa shape index (κ1) is 17.3. The Kier molecular flexibility index (Phi) is 7.00. The van der Waals surface area contributed by atoms with Crippen molar-refractivity contribution >= 4 is 6.29 Å². The molecular formula is C18H26O3. The molecule has 116 valence electrons. The molecule has 0 aliphatic rings. The average molecular weight is 290 g/mol. The maximum atomic E-state index is 11.3. The van der Waals surface area contributed by atoms with Gasteiger partial charge in [0.25, 0.3) is 0 Å². The number of carbonyl (C=O) groups is 1. The number of benzene rings is 1. The summed E-state index contributed by atoms with van der Waals surface area (Å²) in [5, 5.41) is 20.4. The first-order chi connectivity index (χ1) is 10.0. The fourth-order valence-electron chi connectivity index (χ4n) is 2.36. The van der Waals surface area contributed by atoms with Crippen molar-refractivity contribution in [2.75, 3.05) is 0 Å². The Morgan fingerprint density at radius 1 is 1.19 bits per heavy atom. The number of hydrogen-bond acceptors (Lipinski definition) is 3. The number of phenolic OH excluding ortho intramolecular Hbond substituents is 2. The molecule has 2 N–H and O–H groups in total. The molecule has 3 heteroatoms. The number of allylic oxidation sites excluding steroid dienone is 2. The van der Waals surface area contributed by atoms with Gasteiger partial charge in [0.1, 0.15) is 11.5 Å². The van der Waals surface area contributed by atoms with E-state index in [1.54, 1.807) is 6.07 Å². The van der Waals surface area contributed by atoms with Gasteiger partial charge >= 0.3 is 0 Å². The van der Waals surface area contributed by atoms with Gasteiger partial charge in [0.15, 0.2) is 6.29 Å². The third kappa shape index (κ3) is 4.92. The summed E-state index contributed by atoms with van der Waals surface area (Å²) in [6.45, 7) is 6.08. The maximum absolute atomic E-state index is 11.3. The minimum Gasteiger partial charge on any atom is -0.508 e. The molecule has 0 aliphatic heterocycles. The molecule has 0 spiro atoms. The van der Waals surface area contributed by atoms with Crippen LogP contribution in [0.3, 0.4) is 0 Å². The summed E-state index contributed by atoms with van der Waals surface area (Å²) in [5.41, 5.74) is 2.53. The molecule has 0 aliphatic carbocycles. The zero-order valence-electron chi connectivity index (χ0n) is 13.3. The van der Waals surface area contributed by atoms with Crippen molar-refractivity contribution in [3.8, 4) is 11.5 Å². The Labute approximate surface area is 127 Å². The zero-order valence-corrected chi connectivity index (χ0v) is 13.3. The van der Waals surface area contributed by atoms with Gasteiger partial charge in [-0.1, -0.05) is 37.8 Å². The molecule has 0 fully saturated rings. The highest BCUT2D eigenvalue weighted by molar-refractivity contribution is 5.84. The molecule has 1 aromatic rings. The molecule has 0 unspecified atom stereocenters. The van der Waals surface area contributed by atoms with Crippen molar-refractivity contribution in [2.24, 2.45) is 0 Å². The summed E-state index contributed by atoms with van der Waals surface area (Å²) in [6, 6.07) is 1.58. The highest BCUT2D eigenvalue weighted by atomic mass is 16.3. The van der Waals surface area contributed by atoms with Crippen molar-refractivity contribution in [2.45, 2.75) is 59.3 Å². The SMILES string of the molecule is CCCCCCc1c(O)cc(CC=C(C)C)c(O)c1C=O. The fraction of sp³-hybridized carbons (Fsp3) is 0.500. The minimum atomic E-state index is 0.00536. The molecule has 3 nitrogen and oxygen atoms in total. The van der Waals surface area contributed by atoms with E-state index in [1.807, 2.05) is 19.9 Å². The molecule has 0 aromatic heterocycles. The average Bonchev–Trinajstić information content (AvgIpc) is 2.45. The van der Waals surface area contributed by atoms with E-state index >= 15 is 0 Å². The molecule has 0 saturated heterocycles. The number of aldehydes is 1. The Balaban J connectivity index is 3.02. The first-order valence-electron chi connectivity index (χ1n) is 7.66. The normalized spacial score (nSPS) is 10.4. The summed E-state index contributed by atoms with van der Waals surface area (Å²) >= 11 is 0. The number of carbonyl (C=O) groups excluding carboxylic acids is 1. The molecule has 0 saturated carbocycles. The summed E-state index contributed by atoms with van der Waals surface area (Å²) in [6.07, 6.45) is 8.00. The second kappa shape index (κ2) is 8.50. The van der Waals surface area contributed by atoms with E-state index in [2.05, 4.69) is 6.92 Å². The first-order valence-corrected chi connectivity index (χ1v) is 7.66. The van der Waals surface area contributed by atoms with E-state index in [-0.39, 0.29) is 17.1 Å². The lowest BCUT2D eigenvalue weighted by molar-refractivity contribution is 0.111. The predicted octanol–water partition coefficient (Wildman–Crippen LogP) is 4.54. The van der Waals surface area contributed by atoms with Crippen molar-refractivity contribution in [1.82, 2.24) is 0 Å². The van der Waals surface area contributed by atoms with Crippen LogP contribution in [-0.2, 0) is 12.8 Å². The van der Waals surface area contributed by atoms with Crippen LogP contribution in [0.25, 0.3) is 0 Å². The van der Waals surface area contributed by atoms with E-state index in [1.165, 1.54) is 0 Å². The van der Waals surface area contributed by atoms with Crippen LogP contribution in [-0.4, -0.2) is 16.5 Å². The van der Waals surface area contributed by atoms with E-state index in [9.17, 15) is 15.0 Å². The second-order valence-corrected chi connectivity index (χ2v) is 5.71. The standard InChI is InChI=1S/C18H26O3/c1-4-5-6-7-8-15-16(12-19)18(21)14(11-17(15)20)10-9-13(2)3/h9,11-12,20-21H,4-8,10H2,1-3H3. The largest absolute Gasteiger partial charge is 0.508 e. The molecule has 21 heavy (non-hydrogen) atoms. The third-order valence-electron chi connectivity index (χ3n) is 3.63. The van der Waals surface area contributed by atoms with Gasteiger partial charge in [-0.15, -0.1) is 0 Å². The number of hydrogen-bond donors (Lipinski definition) is 2. The summed E-state index contributed by atoms with van der Waals surface area (Å²) < 4.78 is 0. The fourth-order valence-corrected chi connectivity index (χ4v) is 2.36. The Hall–Kier alpha value is -1.77. The molecular weight excluding hydrogens is 264 g/mol. The van der Waals surface area contributed by atoms with Crippen LogP contribution >= 0.6 is 0 Å². The van der Waals surface area contributed by atoms with Gasteiger partial charge in [-0.25, -0.2) is 0 Å². The predicted molar refractivity (Wildman–Crippen MR) is 86.1 cm³/mol. The molecule has 0 radical (unpaired) electrons. The molecule has 1 aromatic carbocycles. The highest BCUT2D eigenvalue weighted by Crippen LogP contribution is 2.33. The van der Waals surface area contributed by atoms with Gasteiger partial charge in [-0.3, -0.25) is 4.79 Å². The smallest absolute Gasteiger partial charge is 0.154 e. The van der Waals surface area contributed by atoms with Crippen LogP contribution < -0.4 is 0 Å². The van der Waals surface area contributed by atoms with Crippen molar-refractivity contribution in [3.05, 3.63) is 34.4 Å². The Morgan fingerprint density at radius 3 is 2.48 bits per heavy atom. The lowest BCUT2D eigenvalue weighted by Crippen LogP contribution is -1.98. The topological polar surface area (TPSA) is 57.5 Å². The van der Waals surface area contributed by atoms with Crippen LogP contribution in [0.4, 0.5) is 0 Å². The zero-order chi connectivity index (χ0) is 15.8. The summed E-state index contributed by atoms with van der Waals surface area (Å²) in [7, 11) is 0. The van der Waals surface area contributed by atoms with Crippen LogP contribution in [0.5, 0.6) is 11.5 Å². The second-order valence-electron chi connectivity index (χ2n) is 5.71. The molecule has 0 amide bonds. The number of rotatable bonds is 8. The quantitative estimate of drug-likeness (QED) is 0.320. The van der Waals surface area contributed by atoms with Gasteiger partial charge in [-0.05, 0) is 39.2 Å².